The van der Waals surface area contributed by atoms with E-state index in [1.807, 2.05) is 4.90 Å². The number of nitrogens with one attached hydrogen (secondary N) is 3. The molecule has 0 aliphatic carbocycles. The molecule has 29 heavy (non-hydrogen) atoms. The van der Waals surface area contributed by atoms with Crippen molar-refractivity contribution in [3.63, 3.8) is 0 Å². The molecule has 2 amide bonds. The molecular formula is C20H22FN5O3. The van der Waals surface area contributed by atoms with Crippen LogP contribution in [-0.4, -0.2) is 34.9 Å². The van der Waals surface area contributed by atoms with Crippen molar-refractivity contribution in [2.75, 3.05) is 28.6 Å². The maximum Gasteiger partial charge on any atom is 0.258 e. The summed E-state index contributed by atoms with van der Waals surface area (Å²) in [6.45, 7) is 3.65. The van der Waals surface area contributed by atoms with Gasteiger partial charge < -0.3 is 15.5 Å². The zero-order chi connectivity index (χ0) is 20.5. The number of piperidine rings is 1. The van der Waals surface area contributed by atoms with E-state index >= 15 is 0 Å². The van der Waals surface area contributed by atoms with Gasteiger partial charge in [-0.3, -0.25) is 19.4 Å². The Morgan fingerprint density at radius 2 is 2.10 bits per heavy atom. The Kier molecular flexibility index (Phi) is 5.04. The molecule has 1 aromatic heterocycles. The first kappa shape index (κ1) is 19.1. The highest BCUT2D eigenvalue weighted by Gasteiger charge is 2.35. The second-order valence-corrected chi connectivity index (χ2v) is 7.62. The van der Waals surface area contributed by atoms with Crippen molar-refractivity contribution < 1.29 is 14.0 Å². The van der Waals surface area contributed by atoms with Crippen molar-refractivity contribution in [2.24, 2.45) is 5.92 Å². The lowest BCUT2D eigenvalue weighted by molar-refractivity contribution is -0.123. The number of hydrogen-bond acceptors (Lipinski definition) is 5. The van der Waals surface area contributed by atoms with Crippen molar-refractivity contribution in [3.05, 3.63) is 46.0 Å². The lowest BCUT2D eigenvalue weighted by atomic mass is 9.92. The van der Waals surface area contributed by atoms with Crippen LogP contribution in [0.25, 0.3) is 0 Å². The number of rotatable bonds is 3. The zero-order valence-corrected chi connectivity index (χ0v) is 16.0. The molecule has 0 spiro atoms. The summed E-state index contributed by atoms with van der Waals surface area (Å²) in [6.07, 6.45) is 1.89. The molecule has 2 atom stereocenters. The van der Waals surface area contributed by atoms with E-state index in [9.17, 15) is 18.8 Å². The molecule has 0 radical (unpaired) electrons. The van der Waals surface area contributed by atoms with E-state index in [0.717, 1.165) is 25.9 Å². The monoisotopic (exact) mass is 399 g/mol. The number of amides is 2. The maximum atomic E-state index is 13.9. The molecule has 4 rings (SSSR count). The summed E-state index contributed by atoms with van der Waals surface area (Å²) in [5.74, 6) is -1.74. The van der Waals surface area contributed by atoms with Gasteiger partial charge in [-0.25, -0.2) is 4.39 Å². The molecule has 1 saturated heterocycles. The molecule has 8 nitrogen and oxygen atoms in total. The summed E-state index contributed by atoms with van der Waals surface area (Å²) in [5, 5.41) is 5.07. The van der Waals surface area contributed by atoms with Crippen molar-refractivity contribution >= 4 is 29.3 Å². The van der Waals surface area contributed by atoms with Crippen molar-refractivity contribution in [1.82, 2.24) is 9.97 Å². The highest BCUT2D eigenvalue weighted by Crippen LogP contribution is 2.31. The van der Waals surface area contributed by atoms with Gasteiger partial charge in [0.15, 0.2) is 0 Å². The van der Waals surface area contributed by atoms with Gasteiger partial charge in [0.1, 0.15) is 11.6 Å². The van der Waals surface area contributed by atoms with Crippen molar-refractivity contribution in [1.29, 1.82) is 0 Å². The molecule has 1 fully saturated rings. The number of hydrogen-bond donors (Lipinski definition) is 3. The second-order valence-electron chi connectivity index (χ2n) is 7.62. The van der Waals surface area contributed by atoms with E-state index in [0.29, 0.717) is 11.9 Å². The summed E-state index contributed by atoms with van der Waals surface area (Å²) >= 11 is 0. The van der Waals surface area contributed by atoms with Gasteiger partial charge in [-0.15, -0.1) is 0 Å². The average molecular weight is 399 g/mol. The van der Waals surface area contributed by atoms with Crippen LogP contribution in [0, 0.1) is 11.7 Å². The fourth-order valence-electron chi connectivity index (χ4n) is 3.90. The van der Waals surface area contributed by atoms with Gasteiger partial charge in [0.25, 0.3) is 5.56 Å². The first-order chi connectivity index (χ1) is 13.9. The third-order valence-electron chi connectivity index (χ3n) is 5.34. The lowest BCUT2D eigenvalue weighted by Gasteiger charge is -2.32. The number of nitrogens with zero attached hydrogens (tertiary/aromatic N) is 2. The molecular weight excluding hydrogens is 377 g/mol. The number of carbonyl (C=O) groups is 2. The van der Waals surface area contributed by atoms with E-state index in [1.165, 1.54) is 18.2 Å². The Labute approximate surface area is 166 Å². The normalized spacial score (nSPS) is 21.3. The topological polar surface area (TPSA) is 107 Å². The number of aromatic nitrogens is 2. The number of para-hydroxylation sites is 1. The SMILES string of the molecule is CC1CCCN(c2nc3c(c(=O)[nH]2)C(C(=O)Nc2ccccc2F)CC(=O)N3)C1. The quantitative estimate of drug-likeness (QED) is 0.734. The standard InChI is InChI=1S/C20H22FN5O3/c1-11-5-4-8-26(10-11)20-24-17-16(19(29)25-20)12(9-15(27)23-17)18(28)22-14-7-3-2-6-13(14)21/h2-3,6-7,11-12H,4-5,8-10H2,1H3,(H,22,28)(H2,23,24,25,27,29). The fourth-order valence-corrected chi connectivity index (χ4v) is 3.90. The Morgan fingerprint density at radius 3 is 2.86 bits per heavy atom. The molecule has 3 N–H and O–H groups in total. The highest BCUT2D eigenvalue weighted by molar-refractivity contribution is 6.04. The fraction of sp³-hybridized carbons (Fsp3) is 0.400. The van der Waals surface area contributed by atoms with Gasteiger partial charge in [0.2, 0.25) is 17.8 Å². The Hall–Kier alpha value is -3.23. The Bertz CT molecular complexity index is 1020. The molecule has 0 bridgehead atoms. The number of carbonyl (C=O) groups excluding carboxylic acids is 2. The van der Waals surface area contributed by atoms with Gasteiger partial charge in [-0.1, -0.05) is 19.1 Å². The third-order valence-corrected chi connectivity index (χ3v) is 5.34. The zero-order valence-electron chi connectivity index (χ0n) is 16.0. The van der Waals surface area contributed by atoms with Crippen LogP contribution in [0.5, 0.6) is 0 Å². The Balaban J connectivity index is 1.66. The van der Waals surface area contributed by atoms with Gasteiger partial charge in [0, 0.05) is 19.5 Å². The van der Waals surface area contributed by atoms with E-state index < -0.39 is 29.1 Å². The lowest BCUT2D eigenvalue weighted by Crippen LogP contribution is -2.40. The minimum Gasteiger partial charge on any atom is -0.342 e. The van der Waals surface area contributed by atoms with Crippen LogP contribution in [-0.2, 0) is 9.59 Å². The van der Waals surface area contributed by atoms with Crippen LogP contribution in [0.3, 0.4) is 0 Å². The molecule has 2 aliphatic heterocycles. The molecule has 9 heteroatoms. The average Bonchev–Trinajstić information content (AvgIpc) is 2.68. The molecule has 2 aromatic rings. The number of aromatic amines is 1. The van der Waals surface area contributed by atoms with Crippen LogP contribution in [0.2, 0.25) is 0 Å². The molecule has 0 saturated carbocycles. The molecule has 3 heterocycles. The largest absolute Gasteiger partial charge is 0.342 e. The van der Waals surface area contributed by atoms with E-state index in [-0.39, 0.29) is 23.5 Å². The predicted molar refractivity (Wildman–Crippen MR) is 106 cm³/mol. The minimum atomic E-state index is -1.05. The van der Waals surface area contributed by atoms with Crippen LogP contribution in [0.15, 0.2) is 29.1 Å². The summed E-state index contributed by atoms with van der Waals surface area (Å²) in [6, 6.07) is 5.73. The number of anilines is 3. The third kappa shape index (κ3) is 3.85. The maximum absolute atomic E-state index is 13.9. The molecule has 2 aliphatic rings. The van der Waals surface area contributed by atoms with Crippen LogP contribution in [0.4, 0.5) is 21.8 Å². The van der Waals surface area contributed by atoms with Crippen LogP contribution in [0.1, 0.15) is 37.7 Å². The Morgan fingerprint density at radius 1 is 1.31 bits per heavy atom. The van der Waals surface area contributed by atoms with Gasteiger partial charge in [-0.05, 0) is 30.9 Å². The molecule has 1 aromatic carbocycles. The highest BCUT2D eigenvalue weighted by atomic mass is 19.1. The summed E-state index contributed by atoms with van der Waals surface area (Å²) in [7, 11) is 0. The van der Waals surface area contributed by atoms with Crippen LogP contribution < -0.4 is 21.1 Å². The smallest absolute Gasteiger partial charge is 0.258 e. The van der Waals surface area contributed by atoms with Gasteiger partial charge in [0.05, 0.1) is 17.2 Å². The van der Waals surface area contributed by atoms with Crippen molar-refractivity contribution in [3.8, 4) is 0 Å². The molecule has 2 unspecified atom stereocenters. The van der Waals surface area contributed by atoms with Crippen LogP contribution >= 0.6 is 0 Å². The van der Waals surface area contributed by atoms with Gasteiger partial charge >= 0.3 is 0 Å². The summed E-state index contributed by atoms with van der Waals surface area (Å²) in [4.78, 5) is 46.9. The number of H-pyrrole nitrogens is 1. The number of benzene rings is 1. The van der Waals surface area contributed by atoms with E-state index in [4.69, 9.17) is 0 Å². The predicted octanol–water partition coefficient (Wildman–Crippen LogP) is 2.21. The first-order valence-corrected chi connectivity index (χ1v) is 9.66. The second kappa shape index (κ2) is 7.65. The number of halogens is 1. The summed E-state index contributed by atoms with van der Waals surface area (Å²) in [5.41, 5.74) is -0.391. The minimum absolute atomic E-state index is 0.00616. The van der Waals surface area contributed by atoms with E-state index in [1.54, 1.807) is 6.07 Å². The first-order valence-electron chi connectivity index (χ1n) is 9.66. The summed E-state index contributed by atoms with van der Waals surface area (Å²) < 4.78 is 13.9. The van der Waals surface area contributed by atoms with E-state index in [2.05, 4.69) is 27.5 Å². The molecule has 152 valence electrons. The van der Waals surface area contributed by atoms with Gasteiger partial charge in [-0.2, -0.15) is 4.98 Å². The number of fused-ring (bicyclic) bond motifs is 1. The van der Waals surface area contributed by atoms with Crippen molar-refractivity contribution in [2.45, 2.75) is 32.1 Å².